The molecular weight excluding hydrogens is 190 g/mol. The Bertz CT molecular complexity index is 321. The van der Waals surface area contributed by atoms with Gasteiger partial charge in [0.15, 0.2) is 0 Å². The van der Waals surface area contributed by atoms with Crippen LogP contribution in [0.2, 0.25) is 0 Å². The van der Waals surface area contributed by atoms with Crippen molar-refractivity contribution in [3.05, 3.63) is 11.9 Å². The van der Waals surface area contributed by atoms with Crippen LogP contribution in [0.25, 0.3) is 0 Å². The minimum absolute atomic E-state index is 0.210. The van der Waals surface area contributed by atoms with Gasteiger partial charge in [-0.1, -0.05) is 19.1 Å². The third kappa shape index (κ3) is 2.03. The molecule has 1 fully saturated rings. The highest BCUT2D eigenvalue weighted by atomic mass is 15.4. The van der Waals surface area contributed by atoms with Gasteiger partial charge in [-0.2, -0.15) is 0 Å². The fourth-order valence-electron chi connectivity index (χ4n) is 2.14. The number of aryl methyl sites for hydroxylation is 1. The molecule has 84 valence electrons. The lowest BCUT2D eigenvalue weighted by Crippen LogP contribution is -2.31. The molecule has 3 unspecified atom stereocenters. The summed E-state index contributed by atoms with van der Waals surface area (Å²) in [5, 5.41) is 8.04. The third-order valence-corrected chi connectivity index (χ3v) is 3.18. The van der Waals surface area contributed by atoms with Crippen LogP contribution in [0, 0.1) is 11.8 Å². The zero-order chi connectivity index (χ0) is 10.8. The van der Waals surface area contributed by atoms with Crippen molar-refractivity contribution >= 4 is 0 Å². The molecule has 1 aromatic rings. The highest BCUT2D eigenvalue weighted by molar-refractivity contribution is 5.08. The molecule has 5 heteroatoms. The SMILES string of the molecule is CCCn1nncc1C(NN)C1CC1C. The Kier molecular flexibility index (Phi) is 3.02. The molecule has 3 atom stereocenters. The second kappa shape index (κ2) is 4.28. The predicted molar refractivity (Wildman–Crippen MR) is 57.6 cm³/mol. The topological polar surface area (TPSA) is 68.8 Å². The molecule has 5 nitrogen and oxygen atoms in total. The number of nitrogens with two attached hydrogens (primary N) is 1. The van der Waals surface area contributed by atoms with Crippen LogP contribution < -0.4 is 11.3 Å². The van der Waals surface area contributed by atoms with Crippen LogP contribution in [-0.2, 0) is 6.54 Å². The lowest BCUT2D eigenvalue weighted by atomic mass is 10.1. The van der Waals surface area contributed by atoms with E-state index in [4.69, 9.17) is 5.84 Å². The summed E-state index contributed by atoms with van der Waals surface area (Å²) in [6, 6.07) is 0.210. The van der Waals surface area contributed by atoms with E-state index in [1.807, 2.05) is 10.9 Å². The lowest BCUT2D eigenvalue weighted by Gasteiger charge is -2.16. The minimum Gasteiger partial charge on any atom is -0.271 e. The molecule has 3 N–H and O–H groups in total. The Balaban J connectivity index is 2.14. The van der Waals surface area contributed by atoms with E-state index in [1.165, 1.54) is 6.42 Å². The summed E-state index contributed by atoms with van der Waals surface area (Å²) in [7, 11) is 0. The molecule has 1 heterocycles. The zero-order valence-corrected chi connectivity index (χ0v) is 9.35. The summed E-state index contributed by atoms with van der Waals surface area (Å²) in [6.45, 7) is 5.30. The van der Waals surface area contributed by atoms with Gasteiger partial charge in [0.1, 0.15) is 0 Å². The van der Waals surface area contributed by atoms with Gasteiger partial charge in [0.2, 0.25) is 0 Å². The van der Waals surface area contributed by atoms with Gasteiger partial charge >= 0.3 is 0 Å². The van der Waals surface area contributed by atoms with Crippen LogP contribution in [0.15, 0.2) is 6.20 Å². The van der Waals surface area contributed by atoms with Gasteiger partial charge < -0.3 is 0 Å². The van der Waals surface area contributed by atoms with E-state index in [2.05, 4.69) is 29.6 Å². The molecular formula is C10H19N5. The van der Waals surface area contributed by atoms with Gasteiger partial charge in [-0.25, -0.2) is 4.68 Å². The number of hydrogen-bond acceptors (Lipinski definition) is 4. The Morgan fingerprint density at radius 3 is 3.00 bits per heavy atom. The number of hydrogen-bond donors (Lipinski definition) is 2. The fourth-order valence-corrected chi connectivity index (χ4v) is 2.14. The number of aromatic nitrogens is 3. The molecule has 15 heavy (non-hydrogen) atoms. The summed E-state index contributed by atoms with van der Waals surface area (Å²) in [5.74, 6) is 7.02. The van der Waals surface area contributed by atoms with Crippen LogP contribution in [-0.4, -0.2) is 15.0 Å². The Morgan fingerprint density at radius 2 is 2.47 bits per heavy atom. The van der Waals surface area contributed by atoms with Gasteiger partial charge in [0.05, 0.1) is 17.9 Å². The number of rotatable bonds is 5. The van der Waals surface area contributed by atoms with E-state index >= 15 is 0 Å². The maximum atomic E-state index is 5.61. The maximum Gasteiger partial charge on any atom is 0.0772 e. The highest BCUT2D eigenvalue weighted by Gasteiger charge is 2.41. The predicted octanol–water partition coefficient (Wildman–Crippen LogP) is 0.848. The monoisotopic (exact) mass is 209 g/mol. The summed E-state index contributed by atoms with van der Waals surface area (Å²) in [6.07, 6.45) is 4.13. The van der Waals surface area contributed by atoms with Gasteiger partial charge in [0, 0.05) is 6.54 Å². The van der Waals surface area contributed by atoms with Crippen molar-refractivity contribution in [3.8, 4) is 0 Å². The van der Waals surface area contributed by atoms with E-state index < -0.39 is 0 Å². The first-order valence-electron chi connectivity index (χ1n) is 5.62. The van der Waals surface area contributed by atoms with Gasteiger partial charge in [0.25, 0.3) is 0 Å². The molecule has 0 saturated heterocycles. The summed E-state index contributed by atoms with van der Waals surface area (Å²) >= 11 is 0. The molecule has 0 radical (unpaired) electrons. The fraction of sp³-hybridized carbons (Fsp3) is 0.800. The Hall–Kier alpha value is -0.940. The van der Waals surface area contributed by atoms with E-state index in [0.717, 1.165) is 24.6 Å². The first-order chi connectivity index (χ1) is 7.27. The lowest BCUT2D eigenvalue weighted by molar-refractivity contribution is 0.427. The average Bonchev–Trinajstić information content (AvgIpc) is 2.76. The van der Waals surface area contributed by atoms with Crippen LogP contribution >= 0.6 is 0 Å². The average molecular weight is 209 g/mol. The van der Waals surface area contributed by atoms with Crippen molar-refractivity contribution in [1.29, 1.82) is 0 Å². The molecule has 1 aromatic heterocycles. The first-order valence-corrected chi connectivity index (χ1v) is 5.62. The highest BCUT2D eigenvalue weighted by Crippen LogP contribution is 2.46. The first kappa shape index (κ1) is 10.6. The quantitative estimate of drug-likeness (QED) is 0.557. The molecule has 0 aromatic carbocycles. The minimum atomic E-state index is 0.210. The van der Waals surface area contributed by atoms with Crippen LogP contribution in [0.5, 0.6) is 0 Å². The molecule has 0 bridgehead atoms. The molecule has 1 saturated carbocycles. The molecule has 2 rings (SSSR count). The molecule has 0 spiro atoms. The summed E-state index contributed by atoms with van der Waals surface area (Å²) in [5.41, 5.74) is 4.01. The molecule has 0 amide bonds. The van der Waals surface area contributed by atoms with Crippen molar-refractivity contribution in [1.82, 2.24) is 20.4 Å². The summed E-state index contributed by atoms with van der Waals surface area (Å²) in [4.78, 5) is 0. The van der Waals surface area contributed by atoms with Crippen molar-refractivity contribution < 1.29 is 0 Å². The number of hydrazine groups is 1. The second-order valence-electron chi connectivity index (χ2n) is 4.40. The van der Waals surface area contributed by atoms with E-state index in [-0.39, 0.29) is 6.04 Å². The van der Waals surface area contributed by atoms with Crippen molar-refractivity contribution in [2.75, 3.05) is 0 Å². The normalized spacial score (nSPS) is 26.6. The van der Waals surface area contributed by atoms with Crippen LogP contribution in [0.4, 0.5) is 0 Å². The number of nitrogens with one attached hydrogen (secondary N) is 1. The smallest absolute Gasteiger partial charge is 0.0772 e. The van der Waals surface area contributed by atoms with E-state index in [0.29, 0.717) is 5.92 Å². The number of nitrogens with zero attached hydrogens (tertiary/aromatic N) is 3. The molecule has 0 aliphatic heterocycles. The van der Waals surface area contributed by atoms with Gasteiger partial charge in [-0.3, -0.25) is 11.3 Å². The van der Waals surface area contributed by atoms with E-state index in [1.54, 1.807) is 0 Å². The van der Waals surface area contributed by atoms with Gasteiger partial charge in [-0.15, -0.1) is 5.10 Å². The Morgan fingerprint density at radius 1 is 1.73 bits per heavy atom. The van der Waals surface area contributed by atoms with Gasteiger partial charge in [-0.05, 0) is 24.7 Å². The Labute approximate surface area is 90.0 Å². The molecule has 1 aliphatic carbocycles. The molecule has 1 aliphatic rings. The van der Waals surface area contributed by atoms with Crippen molar-refractivity contribution in [2.45, 2.75) is 39.3 Å². The van der Waals surface area contributed by atoms with Crippen LogP contribution in [0.3, 0.4) is 0 Å². The van der Waals surface area contributed by atoms with E-state index in [9.17, 15) is 0 Å². The largest absolute Gasteiger partial charge is 0.271 e. The zero-order valence-electron chi connectivity index (χ0n) is 9.35. The maximum absolute atomic E-state index is 5.61. The second-order valence-corrected chi connectivity index (χ2v) is 4.40. The van der Waals surface area contributed by atoms with Crippen molar-refractivity contribution in [3.63, 3.8) is 0 Å². The van der Waals surface area contributed by atoms with Crippen LogP contribution in [0.1, 0.15) is 38.4 Å². The summed E-state index contributed by atoms with van der Waals surface area (Å²) < 4.78 is 1.95. The third-order valence-electron chi connectivity index (χ3n) is 3.18. The van der Waals surface area contributed by atoms with Crippen molar-refractivity contribution in [2.24, 2.45) is 17.7 Å². The standard InChI is InChI=1S/C10H19N5/c1-3-4-15-9(6-12-14-15)10(13-11)8-5-7(8)2/h6-8,10,13H,3-5,11H2,1-2H3.